The quantitative estimate of drug-likeness (QED) is 0.674. The lowest BCUT2D eigenvalue weighted by atomic mass is 10.1. The largest absolute Gasteiger partial charge is 0.372 e. The minimum Gasteiger partial charge on any atom is -0.372 e. The highest BCUT2D eigenvalue weighted by atomic mass is 15.3. The van der Waals surface area contributed by atoms with Crippen LogP contribution in [0.4, 0.5) is 28.8 Å². The molecule has 2 aromatic carbocycles. The Morgan fingerprint density at radius 2 is 1.74 bits per heavy atom. The summed E-state index contributed by atoms with van der Waals surface area (Å²) in [6, 6.07) is 16.6. The molecule has 1 fully saturated rings. The van der Waals surface area contributed by atoms with Crippen LogP contribution in [0, 0.1) is 0 Å². The number of nitrogens with zero attached hydrogens (tertiary/aromatic N) is 4. The molecule has 0 bridgehead atoms. The van der Waals surface area contributed by atoms with Crippen LogP contribution in [0.25, 0.3) is 0 Å². The lowest BCUT2D eigenvalue weighted by Crippen LogP contribution is -2.17. The van der Waals surface area contributed by atoms with Gasteiger partial charge in [0, 0.05) is 30.2 Å². The monoisotopic (exact) mass is 360 g/mol. The van der Waals surface area contributed by atoms with Crippen molar-refractivity contribution in [3.05, 3.63) is 60.3 Å². The van der Waals surface area contributed by atoms with Crippen molar-refractivity contribution in [1.29, 1.82) is 0 Å². The number of hydrogen-bond acceptors (Lipinski definition) is 6. The fraction of sp³-hybridized carbons (Fsp3) is 0.286. The molecule has 27 heavy (non-hydrogen) atoms. The maximum atomic E-state index is 4.53. The van der Waals surface area contributed by atoms with E-state index in [0.717, 1.165) is 30.9 Å². The molecule has 0 aliphatic carbocycles. The van der Waals surface area contributed by atoms with E-state index in [1.807, 2.05) is 18.2 Å². The van der Waals surface area contributed by atoms with Crippen molar-refractivity contribution < 1.29 is 0 Å². The van der Waals surface area contributed by atoms with Crippen LogP contribution in [-0.2, 0) is 6.42 Å². The summed E-state index contributed by atoms with van der Waals surface area (Å²) in [7, 11) is 0. The molecule has 0 atom stereocenters. The lowest BCUT2D eigenvalue weighted by Gasteiger charge is -2.17. The Morgan fingerprint density at radius 3 is 2.52 bits per heavy atom. The van der Waals surface area contributed by atoms with E-state index in [-0.39, 0.29) is 0 Å². The molecule has 0 radical (unpaired) electrons. The number of aryl methyl sites for hydroxylation is 1. The van der Waals surface area contributed by atoms with Gasteiger partial charge in [-0.3, -0.25) is 0 Å². The van der Waals surface area contributed by atoms with Crippen LogP contribution in [0.1, 0.15) is 25.3 Å². The maximum Gasteiger partial charge on any atom is 0.249 e. The third-order valence-corrected chi connectivity index (χ3v) is 4.81. The van der Waals surface area contributed by atoms with E-state index in [0.29, 0.717) is 11.8 Å². The van der Waals surface area contributed by atoms with E-state index in [9.17, 15) is 0 Å². The second kappa shape index (κ2) is 8.03. The summed E-state index contributed by atoms with van der Waals surface area (Å²) in [6.45, 7) is 4.43. The Balaban J connectivity index is 1.46. The van der Waals surface area contributed by atoms with Crippen molar-refractivity contribution in [2.75, 3.05) is 28.6 Å². The maximum absolute atomic E-state index is 4.53. The molecule has 4 rings (SSSR count). The molecule has 138 valence electrons. The summed E-state index contributed by atoms with van der Waals surface area (Å²) < 4.78 is 0. The Bertz CT molecular complexity index is 887. The molecule has 0 unspecified atom stereocenters. The van der Waals surface area contributed by atoms with Crippen molar-refractivity contribution in [2.45, 2.75) is 26.2 Å². The summed E-state index contributed by atoms with van der Waals surface area (Å²) in [4.78, 5) is 6.95. The average molecular weight is 360 g/mol. The van der Waals surface area contributed by atoms with Crippen LogP contribution in [-0.4, -0.2) is 28.3 Å². The third-order valence-electron chi connectivity index (χ3n) is 4.81. The van der Waals surface area contributed by atoms with E-state index in [1.54, 1.807) is 6.20 Å². The first kappa shape index (κ1) is 17.3. The van der Waals surface area contributed by atoms with Crippen LogP contribution in [0.15, 0.2) is 54.7 Å². The van der Waals surface area contributed by atoms with Crippen LogP contribution in [0.3, 0.4) is 0 Å². The first-order valence-corrected chi connectivity index (χ1v) is 9.48. The molecule has 6 heteroatoms. The lowest BCUT2D eigenvalue weighted by molar-refractivity contribution is 0.949. The number of para-hydroxylation sites is 1. The molecule has 0 saturated carbocycles. The van der Waals surface area contributed by atoms with Crippen LogP contribution in [0.5, 0.6) is 0 Å². The Labute approximate surface area is 159 Å². The predicted octanol–water partition coefficient (Wildman–Crippen LogP) is 4.52. The SMILES string of the molecule is CCc1ccccc1Nc1nncc(Nc2ccc(N3CCCC3)cc2)n1. The van der Waals surface area contributed by atoms with Gasteiger partial charge in [-0.25, -0.2) is 0 Å². The molecule has 0 spiro atoms. The van der Waals surface area contributed by atoms with E-state index < -0.39 is 0 Å². The van der Waals surface area contributed by atoms with Gasteiger partial charge in [-0.15, -0.1) is 5.10 Å². The zero-order valence-electron chi connectivity index (χ0n) is 15.5. The van der Waals surface area contributed by atoms with Gasteiger partial charge in [0.05, 0.1) is 6.20 Å². The Hall–Kier alpha value is -3.15. The molecular weight excluding hydrogens is 336 g/mol. The zero-order valence-corrected chi connectivity index (χ0v) is 15.5. The van der Waals surface area contributed by atoms with Crippen LogP contribution < -0.4 is 15.5 Å². The number of aromatic nitrogens is 3. The zero-order chi connectivity index (χ0) is 18.5. The molecule has 2 N–H and O–H groups in total. The molecule has 1 aliphatic rings. The number of benzene rings is 2. The fourth-order valence-corrected chi connectivity index (χ4v) is 3.37. The van der Waals surface area contributed by atoms with Gasteiger partial charge in [-0.2, -0.15) is 10.1 Å². The molecule has 3 aromatic rings. The highest BCUT2D eigenvalue weighted by Crippen LogP contribution is 2.24. The summed E-state index contributed by atoms with van der Waals surface area (Å²) in [5.41, 5.74) is 4.49. The van der Waals surface area contributed by atoms with Crippen LogP contribution >= 0.6 is 0 Å². The van der Waals surface area contributed by atoms with Crippen LogP contribution in [0.2, 0.25) is 0 Å². The van der Waals surface area contributed by atoms with Crippen molar-refractivity contribution in [2.24, 2.45) is 0 Å². The summed E-state index contributed by atoms with van der Waals surface area (Å²) >= 11 is 0. The minimum atomic E-state index is 0.481. The number of anilines is 5. The predicted molar refractivity (Wildman–Crippen MR) is 110 cm³/mol. The van der Waals surface area contributed by atoms with Crippen molar-refractivity contribution in [1.82, 2.24) is 15.2 Å². The van der Waals surface area contributed by atoms with E-state index in [2.05, 4.69) is 68.0 Å². The van der Waals surface area contributed by atoms with Gasteiger partial charge in [0.2, 0.25) is 5.95 Å². The summed E-state index contributed by atoms with van der Waals surface area (Å²) in [5.74, 6) is 1.14. The Kier molecular flexibility index (Phi) is 5.14. The van der Waals surface area contributed by atoms with Gasteiger partial charge in [-0.05, 0) is 55.2 Å². The molecule has 1 aliphatic heterocycles. The van der Waals surface area contributed by atoms with Gasteiger partial charge >= 0.3 is 0 Å². The number of rotatable bonds is 6. The van der Waals surface area contributed by atoms with Gasteiger partial charge in [0.15, 0.2) is 5.82 Å². The van der Waals surface area contributed by atoms with Crippen molar-refractivity contribution >= 4 is 28.8 Å². The summed E-state index contributed by atoms with van der Waals surface area (Å²) in [5, 5.41) is 14.7. The molecule has 6 nitrogen and oxygen atoms in total. The second-order valence-corrected chi connectivity index (χ2v) is 6.67. The Morgan fingerprint density at radius 1 is 0.963 bits per heavy atom. The van der Waals surface area contributed by atoms with E-state index in [1.165, 1.54) is 24.1 Å². The second-order valence-electron chi connectivity index (χ2n) is 6.67. The molecule has 0 amide bonds. The molecule has 1 saturated heterocycles. The van der Waals surface area contributed by atoms with Gasteiger partial charge < -0.3 is 15.5 Å². The highest BCUT2D eigenvalue weighted by Gasteiger charge is 2.12. The normalized spacial score (nSPS) is 13.6. The van der Waals surface area contributed by atoms with Crippen molar-refractivity contribution in [3.63, 3.8) is 0 Å². The molecule has 2 heterocycles. The van der Waals surface area contributed by atoms with Gasteiger partial charge in [0.1, 0.15) is 0 Å². The average Bonchev–Trinajstić information content (AvgIpc) is 3.24. The first-order valence-electron chi connectivity index (χ1n) is 9.48. The van der Waals surface area contributed by atoms with Crippen molar-refractivity contribution in [3.8, 4) is 0 Å². The topological polar surface area (TPSA) is 66.0 Å². The van der Waals surface area contributed by atoms with Gasteiger partial charge in [-0.1, -0.05) is 25.1 Å². The fourth-order valence-electron chi connectivity index (χ4n) is 3.37. The standard InChI is InChI=1S/C21H24N6/c1-2-16-7-3-4-8-19(16)24-21-25-20(15-22-26-21)23-17-9-11-18(12-10-17)27-13-5-6-14-27/h3-4,7-12,15H,2,5-6,13-14H2,1H3,(H2,23,24,25,26). The first-order chi connectivity index (χ1) is 13.3. The number of hydrogen-bond donors (Lipinski definition) is 2. The highest BCUT2D eigenvalue weighted by molar-refractivity contribution is 5.63. The minimum absolute atomic E-state index is 0.481. The van der Waals surface area contributed by atoms with E-state index in [4.69, 9.17) is 0 Å². The van der Waals surface area contributed by atoms with Gasteiger partial charge in [0.25, 0.3) is 0 Å². The smallest absolute Gasteiger partial charge is 0.249 e. The molecular formula is C21H24N6. The van der Waals surface area contributed by atoms with E-state index >= 15 is 0 Å². The third kappa shape index (κ3) is 4.16. The number of nitrogens with one attached hydrogen (secondary N) is 2. The molecule has 1 aromatic heterocycles. The summed E-state index contributed by atoms with van der Waals surface area (Å²) in [6.07, 6.45) is 5.14.